The number of ether oxygens (including phenoxy) is 8. The van der Waals surface area contributed by atoms with E-state index in [4.69, 9.17) is 53.6 Å². The lowest BCUT2D eigenvalue weighted by Gasteiger charge is -2.69. The molecule has 0 spiro atoms. The number of amides is 6. The summed E-state index contributed by atoms with van der Waals surface area (Å²) < 4.78 is 81.4. The Balaban J connectivity index is 0.705. The maximum atomic E-state index is 14.2. The number of nitrogens with two attached hydrogens (primary N) is 1. The molecular weight excluding hydrogens is 1440 g/mol. The molecule has 12 rings (SSSR count). The second kappa shape index (κ2) is 33.8. The van der Waals surface area contributed by atoms with E-state index in [0.29, 0.717) is 70.6 Å². The van der Waals surface area contributed by atoms with Crippen LogP contribution in [0.5, 0.6) is 17.2 Å². The number of allylic oxidation sites excluding steroid dienone is 1. The topological polar surface area (TPSA) is 435 Å². The van der Waals surface area contributed by atoms with E-state index in [2.05, 4.69) is 34.8 Å². The molecule has 7 aliphatic rings. The van der Waals surface area contributed by atoms with Gasteiger partial charge >= 0.3 is 18.0 Å². The number of nitrogens with one attached hydrogen (secondary N) is 3. The van der Waals surface area contributed by atoms with Crippen LogP contribution in [0.1, 0.15) is 122 Å². The van der Waals surface area contributed by atoms with E-state index in [-0.39, 0.29) is 125 Å². The van der Waals surface area contributed by atoms with Gasteiger partial charge in [0.2, 0.25) is 18.1 Å². The van der Waals surface area contributed by atoms with Crippen molar-refractivity contribution in [2.75, 3.05) is 102 Å². The highest BCUT2D eigenvalue weighted by molar-refractivity contribution is 7.85. The fraction of sp³-hybridized carbons (Fsp3) is 0.500. The molecule has 580 valence electrons. The number of carbonyl (C=O) groups excluding carboxylic acids is 6. The van der Waals surface area contributed by atoms with Crippen molar-refractivity contribution in [2.45, 2.75) is 128 Å². The minimum absolute atomic E-state index is 0.0500. The molecule has 4 saturated carbocycles. The number of hydrogen-bond donors (Lipinski definition) is 8. The molecule has 1 saturated heterocycles. The van der Waals surface area contributed by atoms with Gasteiger partial charge in [0.05, 0.1) is 55.5 Å². The number of carbonyl (C=O) groups is 8. The number of nitrogens with zero attached hydrogens (tertiary/aromatic N) is 6. The first-order valence-electron chi connectivity index (χ1n) is 35.4. The monoisotopic (exact) mass is 1530 g/mol. The number of aromatic nitrogens is 2. The van der Waals surface area contributed by atoms with Crippen molar-refractivity contribution in [2.24, 2.45) is 27.0 Å². The number of benzene rings is 3. The summed E-state index contributed by atoms with van der Waals surface area (Å²) in [6.45, 7) is 7.05. The summed E-state index contributed by atoms with van der Waals surface area (Å²) in [4.78, 5) is 121. The summed E-state index contributed by atoms with van der Waals surface area (Å²) >= 11 is 1.38. The van der Waals surface area contributed by atoms with Gasteiger partial charge in [-0.1, -0.05) is 37.3 Å². The highest BCUT2D eigenvalue weighted by Gasteiger charge is 2.66. The zero-order valence-electron chi connectivity index (χ0n) is 60.6. The molecule has 34 heteroatoms. The molecule has 4 bridgehead atoms. The van der Waals surface area contributed by atoms with E-state index in [1.54, 1.807) is 43.5 Å². The van der Waals surface area contributed by atoms with Crippen LogP contribution in [0.2, 0.25) is 0 Å². The number of aromatic carboxylic acids is 1. The minimum Gasteiger partial charge on any atom is -0.496 e. The van der Waals surface area contributed by atoms with Crippen LogP contribution in [0.4, 0.5) is 15.7 Å². The molecule has 108 heavy (non-hydrogen) atoms. The molecule has 5 fully saturated rings. The number of pyridine rings is 1. The van der Waals surface area contributed by atoms with Gasteiger partial charge in [0.25, 0.3) is 27.8 Å². The molecule has 6 amide bonds. The zero-order valence-corrected chi connectivity index (χ0v) is 62.2. The summed E-state index contributed by atoms with van der Waals surface area (Å²) in [5, 5.41) is 39.3. The Labute approximate surface area is 627 Å². The van der Waals surface area contributed by atoms with Crippen molar-refractivity contribution >= 4 is 101 Å². The number of hydrogen-bond acceptors (Lipinski definition) is 25. The van der Waals surface area contributed by atoms with E-state index in [1.807, 2.05) is 36.1 Å². The van der Waals surface area contributed by atoms with Gasteiger partial charge in [-0.3, -0.25) is 43.7 Å². The van der Waals surface area contributed by atoms with Crippen LogP contribution in [0.25, 0.3) is 15.8 Å². The average molecular weight is 1540 g/mol. The van der Waals surface area contributed by atoms with Gasteiger partial charge in [0.15, 0.2) is 16.9 Å². The summed E-state index contributed by atoms with van der Waals surface area (Å²) in [5.74, 6) is -5.83. The second-order valence-corrected chi connectivity index (χ2v) is 31.5. The van der Waals surface area contributed by atoms with Crippen molar-refractivity contribution < 1.29 is 105 Å². The quantitative estimate of drug-likeness (QED) is 0.0101. The number of para-hydroxylation sites is 1. The number of rotatable bonds is 35. The Morgan fingerprint density at radius 1 is 0.870 bits per heavy atom. The fourth-order valence-corrected chi connectivity index (χ4v) is 18.2. The summed E-state index contributed by atoms with van der Waals surface area (Å²) in [7, 11) is -1.67. The zero-order chi connectivity index (χ0) is 77.3. The third-order valence-corrected chi connectivity index (χ3v) is 21.9. The Morgan fingerprint density at radius 3 is 2.31 bits per heavy atom. The maximum Gasteiger partial charge on any atom is 0.410 e. The smallest absolute Gasteiger partial charge is 0.410 e. The first kappa shape index (κ1) is 79.4. The van der Waals surface area contributed by atoms with Crippen molar-refractivity contribution in [3.05, 3.63) is 119 Å². The van der Waals surface area contributed by atoms with E-state index >= 15 is 0 Å². The Kier molecular flexibility index (Phi) is 24.9. The van der Waals surface area contributed by atoms with Crippen LogP contribution in [0.15, 0.2) is 90.1 Å². The molecule has 4 aliphatic carbocycles. The van der Waals surface area contributed by atoms with Crippen molar-refractivity contribution in [3.8, 4) is 17.2 Å². The molecule has 9 N–H and O–H groups in total. The Hall–Kier alpha value is -9.68. The third-order valence-electron chi connectivity index (χ3n) is 20.2. The SMILES string of the molecule is COCCN(CCOC12CC3(C)CC(C)(CC(CN=C(C)C(=CN)c4ccc(N5CCc6c(OC)ccc(C(=O)Nc7nc8ccccc8s7)c6C5)nc4C(=O)O)(C3)C1)C2)C(=O)OCc1ccc(OCCOCCNC(=O)[C@H](CS(=O)(=O)O)NC(=O)CCN2C(=O)C=CC2=O)cc1O[C@H]1C[C@@H](O)C[C@@H](C(=O)O)O1. The molecule has 0 radical (unpaired) electrons. The molecule has 5 heterocycles. The van der Waals surface area contributed by atoms with Crippen LogP contribution < -0.4 is 40.8 Å². The van der Waals surface area contributed by atoms with E-state index < -0.39 is 94.1 Å². The predicted molar refractivity (Wildman–Crippen MR) is 392 cm³/mol. The standard InChI is InChI=1S/C74H90N10O22S2/c1-44(51(33-75)49-13-15-59(80-64(49)68(93)94)83-21-18-48-52(34-83)50(12-14-55(48)100-5)65(89)81-69-79-53-8-6-7-9-58(53)107-69)77-43-73-38-71(2)37-72(3,39-73)41-74(40-71,42-73)104-27-24-82(23-26-99-4)70(95)103-35-45-10-11-47(32-56(45)105-63-31-46(85)30-57(106-63)67(91)92)102-29-28-101-25-20-76-66(90)54(36-108(96,97)98)78-60(86)19-22-84-61(87)16-17-62(84)88/h6-17,32-33,46,54,57,63,85H,18-31,34-43,75H2,1-5H3,(H,76,90)(H,78,86)(H,91,92)(H,93,94)(H,79,81,89)(H,96,97,98)/t46-,54-,57-,63+,71?,72?,73?,74?/m0/s1. The summed E-state index contributed by atoms with van der Waals surface area (Å²) in [6, 6.07) is 17.5. The molecule has 6 atom stereocenters. The number of fused-ring (bicyclic) bond motifs is 2. The van der Waals surface area contributed by atoms with Crippen molar-refractivity contribution in [3.63, 3.8) is 0 Å². The lowest BCUT2D eigenvalue weighted by molar-refractivity contribution is -0.242. The number of thiazole rings is 1. The van der Waals surface area contributed by atoms with E-state index in [1.165, 1.54) is 35.6 Å². The van der Waals surface area contributed by atoms with E-state index in [9.17, 15) is 66.6 Å². The van der Waals surface area contributed by atoms with Gasteiger partial charge in [0.1, 0.15) is 48.1 Å². The van der Waals surface area contributed by atoms with Crippen LogP contribution in [0.3, 0.4) is 0 Å². The average Bonchev–Trinajstić information content (AvgIpc) is 0.796. The predicted octanol–water partition coefficient (Wildman–Crippen LogP) is 5.92. The number of aliphatic carboxylic acids is 1. The van der Waals surface area contributed by atoms with Gasteiger partial charge < -0.3 is 79.4 Å². The lowest BCUT2D eigenvalue weighted by atomic mass is 9.39. The highest BCUT2D eigenvalue weighted by atomic mass is 32.2. The highest BCUT2D eigenvalue weighted by Crippen LogP contribution is 2.71. The van der Waals surface area contributed by atoms with Crippen LogP contribution in [-0.4, -0.2) is 224 Å². The Morgan fingerprint density at radius 2 is 1.61 bits per heavy atom. The number of carboxylic acid groups (broad SMARTS) is 2. The van der Waals surface area contributed by atoms with Gasteiger partial charge in [-0.25, -0.2) is 24.4 Å². The fourth-order valence-electron chi connectivity index (χ4n) is 16.7. The number of imide groups is 1. The lowest BCUT2D eigenvalue weighted by Crippen LogP contribution is -2.64. The van der Waals surface area contributed by atoms with Crippen LogP contribution >= 0.6 is 11.3 Å². The molecule has 2 unspecified atom stereocenters. The number of aliphatic hydroxyl groups is 1. The molecule has 3 aliphatic heterocycles. The molecule has 3 aromatic carbocycles. The number of anilines is 2. The van der Waals surface area contributed by atoms with Crippen LogP contribution in [0, 0.1) is 16.2 Å². The van der Waals surface area contributed by atoms with Gasteiger partial charge in [-0.15, -0.1) is 0 Å². The molecule has 2 aromatic heterocycles. The number of carboxylic acids is 2. The van der Waals surface area contributed by atoms with Crippen LogP contribution in [-0.2, 0) is 77.3 Å². The van der Waals surface area contributed by atoms with E-state index in [0.717, 1.165) is 70.5 Å². The van der Waals surface area contributed by atoms with Gasteiger partial charge in [-0.2, -0.15) is 8.42 Å². The molecular formula is C74H90N10O22S2. The largest absolute Gasteiger partial charge is 0.496 e. The van der Waals surface area contributed by atoms with Crippen molar-refractivity contribution in [1.82, 2.24) is 30.4 Å². The van der Waals surface area contributed by atoms with Crippen molar-refractivity contribution in [1.29, 1.82) is 0 Å². The minimum atomic E-state index is -4.76. The number of methoxy groups -OCH3 is 2. The Bertz CT molecular complexity index is 4400. The maximum absolute atomic E-state index is 14.2. The molecule has 32 nitrogen and oxygen atoms in total. The number of aliphatic imine (C=N–C) groups is 1. The van der Waals surface area contributed by atoms with Gasteiger partial charge in [-0.05, 0) is 122 Å². The molecule has 5 aromatic rings. The first-order chi connectivity index (χ1) is 51.5. The van der Waals surface area contributed by atoms with Gasteiger partial charge in [0, 0.05) is 130 Å². The normalized spacial score (nSPS) is 23.4. The summed E-state index contributed by atoms with van der Waals surface area (Å²) in [6.07, 6.45) is 3.84. The first-order valence-corrected chi connectivity index (χ1v) is 37.9. The number of aliphatic hydroxyl groups excluding tert-OH is 1. The summed E-state index contributed by atoms with van der Waals surface area (Å²) in [5.41, 5.74) is 9.51. The second-order valence-electron chi connectivity index (χ2n) is 28.9. The third kappa shape index (κ3) is 19.4.